The molecule has 0 saturated carbocycles. The molecule has 4 rings (SSSR count). The second-order valence-electron chi connectivity index (χ2n) is 7.08. The average Bonchev–Trinajstić information content (AvgIpc) is 3.18. The van der Waals surface area contributed by atoms with E-state index in [1.165, 1.54) is 35.9 Å². The van der Waals surface area contributed by atoms with Gasteiger partial charge in [-0.3, -0.25) is 19.0 Å². The summed E-state index contributed by atoms with van der Waals surface area (Å²) in [5.74, 6) is -0.828. The van der Waals surface area contributed by atoms with Crippen molar-refractivity contribution in [2.75, 3.05) is 13.6 Å². The molecule has 0 fully saturated rings. The highest BCUT2D eigenvalue weighted by molar-refractivity contribution is 5.96. The Morgan fingerprint density at radius 2 is 1.93 bits per heavy atom. The van der Waals surface area contributed by atoms with Gasteiger partial charge in [-0.25, -0.2) is 9.37 Å². The van der Waals surface area contributed by atoms with Crippen LogP contribution in [0.25, 0.3) is 5.69 Å². The van der Waals surface area contributed by atoms with Crippen molar-refractivity contribution < 1.29 is 14.0 Å². The first kappa shape index (κ1) is 19.6. The van der Waals surface area contributed by atoms with Gasteiger partial charge in [-0.15, -0.1) is 0 Å². The number of hydrogen-bond donors (Lipinski definition) is 1. The molecule has 0 atom stereocenters. The molecule has 0 unspecified atom stereocenters. The molecule has 3 heterocycles. The van der Waals surface area contributed by atoms with Crippen molar-refractivity contribution in [2.24, 2.45) is 7.05 Å². The van der Waals surface area contributed by atoms with Gasteiger partial charge in [0.15, 0.2) is 5.82 Å². The SMILES string of the molecule is CNC(=O)c1c2c(cn(-c3ccc(F)cc3)c1=O)CN(C(=O)c1nccn1C)CC2. The number of aryl methyl sites for hydroxylation is 1. The van der Waals surface area contributed by atoms with Crippen molar-refractivity contribution >= 4 is 11.8 Å². The van der Waals surface area contributed by atoms with Crippen molar-refractivity contribution in [1.29, 1.82) is 0 Å². The molecule has 3 aromatic rings. The van der Waals surface area contributed by atoms with E-state index in [2.05, 4.69) is 10.3 Å². The minimum Gasteiger partial charge on any atom is -0.355 e. The van der Waals surface area contributed by atoms with Crippen molar-refractivity contribution in [2.45, 2.75) is 13.0 Å². The van der Waals surface area contributed by atoms with Crippen LogP contribution in [0, 0.1) is 5.82 Å². The van der Waals surface area contributed by atoms with E-state index in [1.54, 1.807) is 35.1 Å². The lowest BCUT2D eigenvalue weighted by molar-refractivity contribution is 0.0718. The lowest BCUT2D eigenvalue weighted by atomic mass is 9.95. The summed E-state index contributed by atoms with van der Waals surface area (Å²) in [5.41, 5.74) is 1.31. The molecule has 30 heavy (non-hydrogen) atoms. The zero-order chi connectivity index (χ0) is 21.4. The number of imidazole rings is 1. The molecule has 1 aromatic carbocycles. The molecule has 154 valence electrons. The maximum atomic E-state index is 13.3. The third-order valence-corrected chi connectivity index (χ3v) is 5.26. The number of benzene rings is 1. The Hall–Kier alpha value is -3.75. The number of rotatable bonds is 3. The fourth-order valence-electron chi connectivity index (χ4n) is 3.69. The summed E-state index contributed by atoms with van der Waals surface area (Å²) < 4.78 is 16.3. The molecule has 0 bridgehead atoms. The molecule has 0 aliphatic carbocycles. The monoisotopic (exact) mass is 409 g/mol. The summed E-state index contributed by atoms with van der Waals surface area (Å²) >= 11 is 0. The van der Waals surface area contributed by atoms with Crippen LogP contribution in [0.4, 0.5) is 4.39 Å². The van der Waals surface area contributed by atoms with Crippen LogP contribution in [0.15, 0.2) is 47.7 Å². The van der Waals surface area contributed by atoms with E-state index in [1.807, 2.05) is 0 Å². The van der Waals surface area contributed by atoms with Gasteiger partial charge < -0.3 is 14.8 Å². The minimum absolute atomic E-state index is 0.0448. The van der Waals surface area contributed by atoms with E-state index in [4.69, 9.17) is 0 Å². The summed E-state index contributed by atoms with van der Waals surface area (Å²) in [6.45, 7) is 0.592. The van der Waals surface area contributed by atoms with Gasteiger partial charge in [0, 0.05) is 51.5 Å². The number of amides is 2. The fraction of sp³-hybridized carbons (Fsp3) is 0.238. The van der Waals surface area contributed by atoms with Crippen LogP contribution in [0.1, 0.15) is 32.1 Å². The van der Waals surface area contributed by atoms with E-state index >= 15 is 0 Å². The number of nitrogens with one attached hydrogen (secondary N) is 1. The third kappa shape index (κ3) is 3.28. The van der Waals surface area contributed by atoms with Crippen LogP contribution in [0.2, 0.25) is 0 Å². The van der Waals surface area contributed by atoms with E-state index in [9.17, 15) is 18.8 Å². The van der Waals surface area contributed by atoms with Crippen molar-refractivity contribution in [3.05, 3.63) is 81.5 Å². The summed E-state index contributed by atoms with van der Waals surface area (Å²) in [4.78, 5) is 44.2. The second kappa shape index (κ2) is 7.58. The molecular formula is C21H20FN5O3. The molecule has 2 aromatic heterocycles. The second-order valence-corrected chi connectivity index (χ2v) is 7.08. The number of halogens is 1. The zero-order valence-corrected chi connectivity index (χ0v) is 16.6. The quantitative estimate of drug-likeness (QED) is 0.706. The first-order valence-corrected chi connectivity index (χ1v) is 9.42. The molecular weight excluding hydrogens is 389 g/mol. The molecule has 1 aliphatic heterocycles. The number of hydrogen-bond acceptors (Lipinski definition) is 4. The minimum atomic E-state index is -0.489. The number of aromatic nitrogens is 3. The van der Waals surface area contributed by atoms with Gasteiger partial charge in [-0.1, -0.05) is 0 Å². The van der Waals surface area contributed by atoms with Gasteiger partial charge in [0.05, 0.1) is 0 Å². The van der Waals surface area contributed by atoms with E-state index in [0.717, 1.165) is 0 Å². The van der Waals surface area contributed by atoms with Crippen molar-refractivity contribution in [3.8, 4) is 5.69 Å². The maximum absolute atomic E-state index is 13.3. The molecule has 0 spiro atoms. The Labute approximate surface area is 171 Å². The summed E-state index contributed by atoms with van der Waals surface area (Å²) in [6.07, 6.45) is 5.24. The molecule has 9 heteroatoms. The Bertz CT molecular complexity index is 1200. The van der Waals surface area contributed by atoms with Crippen LogP contribution < -0.4 is 10.9 Å². The Balaban J connectivity index is 1.81. The van der Waals surface area contributed by atoms with Crippen LogP contribution in [0.3, 0.4) is 0 Å². The van der Waals surface area contributed by atoms with Crippen molar-refractivity contribution in [3.63, 3.8) is 0 Å². The predicted molar refractivity (Wildman–Crippen MR) is 107 cm³/mol. The first-order valence-electron chi connectivity index (χ1n) is 9.42. The van der Waals surface area contributed by atoms with Crippen LogP contribution in [0.5, 0.6) is 0 Å². The van der Waals surface area contributed by atoms with Crippen LogP contribution >= 0.6 is 0 Å². The number of carbonyl (C=O) groups excluding carboxylic acids is 2. The Morgan fingerprint density at radius 1 is 1.20 bits per heavy atom. The van der Waals surface area contributed by atoms with Gasteiger partial charge >= 0.3 is 0 Å². The van der Waals surface area contributed by atoms with Crippen molar-refractivity contribution in [1.82, 2.24) is 24.3 Å². The lowest BCUT2D eigenvalue weighted by Crippen LogP contribution is -2.41. The van der Waals surface area contributed by atoms with Gasteiger partial charge in [0.25, 0.3) is 17.4 Å². The largest absolute Gasteiger partial charge is 0.355 e. The smallest absolute Gasteiger partial charge is 0.290 e. The first-order chi connectivity index (χ1) is 14.4. The normalized spacial score (nSPS) is 13.1. The highest BCUT2D eigenvalue weighted by atomic mass is 19.1. The number of pyridine rings is 1. The number of fused-ring (bicyclic) bond motifs is 1. The Morgan fingerprint density at radius 3 is 2.57 bits per heavy atom. The molecule has 0 radical (unpaired) electrons. The molecule has 2 amide bonds. The van der Waals surface area contributed by atoms with E-state index in [0.29, 0.717) is 35.6 Å². The van der Waals surface area contributed by atoms with Gasteiger partial charge in [0.2, 0.25) is 0 Å². The van der Waals surface area contributed by atoms with E-state index in [-0.39, 0.29) is 18.0 Å². The van der Waals surface area contributed by atoms with Gasteiger partial charge in [0.1, 0.15) is 11.4 Å². The summed E-state index contributed by atoms with van der Waals surface area (Å²) in [6, 6.07) is 5.43. The maximum Gasteiger partial charge on any atom is 0.290 e. The standard InChI is InChI=1S/C21H20FN5O3/c1-23-19(28)17-16-7-9-26(21(30)18-24-8-10-25(18)2)11-13(16)12-27(20(17)29)15-5-3-14(22)4-6-15/h3-6,8,10,12H,7,9,11H2,1-2H3,(H,23,28). The Kier molecular flexibility index (Phi) is 4.94. The van der Waals surface area contributed by atoms with Gasteiger partial charge in [-0.2, -0.15) is 0 Å². The van der Waals surface area contributed by atoms with Crippen LogP contribution in [-0.2, 0) is 20.0 Å². The van der Waals surface area contributed by atoms with E-state index < -0.39 is 17.3 Å². The highest BCUT2D eigenvalue weighted by Gasteiger charge is 2.29. The fourth-order valence-corrected chi connectivity index (χ4v) is 3.69. The third-order valence-electron chi connectivity index (χ3n) is 5.26. The highest BCUT2D eigenvalue weighted by Crippen LogP contribution is 2.23. The number of nitrogens with zero attached hydrogens (tertiary/aromatic N) is 4. The molecule has 1 aliphatic rings. The molecule has 0 saturated heterocycles. The van der Waals surface area contributed by atoms with Gasteiger partial charge in [-0.05, 0) is 41.8 Å². The summed E-state index contributed by atoms with van der Waals surface area (Å²) in [7, 11) is 3.21. The lowest BCUT2D eigenvalue weighted by Gasteiger charge is -2.30. The molecule has 8 nitrogen and oxygen atoms in total. The number of carbonyl (C=O) groups is 2. The summed E-state index contributed by atoms with van der Waals surface area (Å²) in [5, 5.41) is 2.52. The topological polar surface area (TPSA) is 89.2 Å². The predicted octanol–water partition coefficient (Wildman–Crippen LogP) is 1.27. The van der Waals surface area contributed by atoms with Crippen LogP contribution in [-0.4, -0.2) is 44.4 Å². The average molecular weight is 409 g/mol. The molecule has 1 N–H and O–H groups in total. The zero-order valence-electron chi connectivity index (χ0n) is 16.6.